The van der Waals surface area contributed by atoms with Gasteiger partial charge in [-0.2, -0.15) is 4.31 Å². The summed E-state index contributed by atoms with van der Waals surface area (Å²) in [5, 5.41) is 0. The van der Waals surface area contributed by atoms with E-state index in [0.29, 0.717) is 17.4 Å². The van der Waals surface area contributed by atoms with Gasteiger partial charge in [-0.25, -0.2) is 8.42 Å². The molecule has 0 aliphatic carbocycles. The first-order chi connectivity index (χ1) is 8.96. The van der Waals surface area contributed by atoms with Crippen molar-refractivity contribution in [2.45, 2.75) is 36.3 Å². The maximum atomic E-state index is 12.5. The molecule has 1 aliphatic heterocycles. The zero-order valence-electron chi connectivity index (χ0n) is 11.0. The van der Waals surface area contributed by atoms with Crippen molar-refractivity contribution in [3.63, 3.8) is 0 Å². The third kappa shape index (κ3) is 2.94. The van der Waals surface area contributed by atoms with Gasteiger partial charge in [-0.3, -0.25) is 0 Å². The van der Waals surface area contributed by atoms with Gasteiger partial charge in [0.2, 0.25) is 10.0 Å². The highest BCUT2D eigenvalue weighted by molar-refractivity contribution is 7.89. The standard InChI is InChI=1S/C13H18ClNO3S/c1-10-13(7-8-18-10)15(2)19(16,17)12-5-3-11(9-14)4-6-12/h3-6,10,13H,7-9H2,1-2H3. The van der Waals surface area contributed by atoms with E-state index in [2.05, 4.69) is 0 Å². The molecular formula is C13H18ClNO3S. The molecule has 1 fully saturated rings. The molecule has 1 heterocycles. The minimum Gasteiger partial charge on any atom is -0.377 e. The molecule has 19 heavy (non-hydrogen) atoms. The van der Waals surface area contributed by atoms with Gasteiger partial charge in [-0.05, 0) is 31.0 Å². The van der Waals surface area contributed by atoms with Crippen LogP contribution in [0.25, 0.3) is 0 Å². The van der Waals surface area contributed by atoms with Crippen LogP contribution in [-0.4, -0.2) is 38.5 Å². The average Bonchev–Trinajstić information content (AvgIpc) is 2.84. The Kier molecular flexibility index (Phi) is 4.50. The van der Waals surface area contributed by atoms with Crippen LogP contribution < -0.4 is 0 Å². The van der Waals surface area contributed by atoms with E-state index in [4.69, 9.17) is 16.3 Å². The third-order valence-corrected chi connectivity index (χ3v) is 5.76. The van der Waals surface area contributed by atoms with Crippen molar-refractivity contribution in [3.8, 4) is 0 Å². The van der Waals surface area contributed by atoms with Crippen molar-refractivity contribution in [1.82, 2.24) is 4.31 Å². The zero-order chi connectivity index (χ0) is 14.0. The Morgan fingerprint density at radius 2 is 2.00 bits per heavy atom. The number of likely N-dealkylation sites (N-methyl/N-ethyl adjacent to an activating group) is 1. The molecule has 4 nitrogen and oxygen atoms in total. The third-order valence-electron chi connectivity index (χ3n) is 3.56. The van der Waals surface area contributed by atoms with E-state index in [1.54, 1.807) is 31.3 Å². The molecule has 0 bridgehead atoms. The van der Waals surface area contributed by atoms with Crippen LogP contribution in [0.1, 0.15) is 18.9 Å². The van der Waals surface area contributed by atoms with E-state index in [9.17, 15) is 8.42 Å². The minimum atomic E-state index is -3.47. The molecule has 2 unspecified atom stereocenters. The summed E-state index contributed by atoms with van der Waals surface area (Å²) in [6.07, 6.45) is 0.665. The number of benzene rings is 1. The van der Waals surface area contributed by atoms with Crippen LogP contribution in [0.3, 0.4) is 0 Å². The van der Waals surface area contributed by atoms with Gasteiger partial charge in [0.25, 0.3) is 0 Å². The lowest BCUT2D eigenvalue weighted by atomic mass is 10.2. The monoisotopic (exact) mass is 303 g/mol. The van der Waals surface area contributed by atoms with Gasteiger partial charge in [0.05, 0.1) is 17.0 Å². The highest BCUT2D eigenvalue weighted by Gasteiger charge is 2.35. The lowest BCUT2D eigenvalue weighted by Crippen LogP contribution is -2.40. The lowest BCUT2D eigenvalue weighted by molar-refractivity contribution is 0.102. The van der Waals surface area contributed by atoms with Gasteiger partial charge in [0.1, 0.15) is 0 Å². The van der Waals surface area contributed by atoms with E-state index in [1.807, 2.05) is 6.92 Å². The van der Waals surface area contributed by atoms with Crippen molar-refractivity contribution < 1.29 is 13.2 Å². The molecule has 106 valence electrons. The molecule has 1 aliphatic rings. The van der Waals surface area contributed by atoms with Crippen molar-refractivity contribution in [3.05, 3.63) is 29.8 Å². The number of hydrogen-bond donors (Lipinski definition) is 0. The Bertz CT molecular complexity index is 529. The van der Waals surface area contributed by atoms with Crippen LogP contribution in [0.4, 0.5) is 0 Å². The summed E-state index contributed by atoms with van der Waals surface area (Å²) in [6.45, 7) is 2.51. The van der Waals surface area contributed by atoms with E-state index in [0.717, 1.165) is 12.0 Å². The Labute approximate surface area is 119 Å². The maximum absolute atomic E-state index is 12.5. The summed E-state index contributed by atoms with van der Waals surface area (Å²) in [4.78, 5) is 0.294. The average molecular weight is 304 g/mol. The minimum absolute atomic E-state index is 0.0677. The molecule has 0 N–H and O–H groups in total. The molecule has 0 spiro atoms. The molecule has 1 aromatic carbocycles. The summed E-state index contributed by atoms with van der Waals surface area (Å²) >= 11 is 5.70. The number of halogens is 1. The normalized spacial score (nSPS) is 24.0. The second-order valence-electron chi connectivity index (χ2n) is 4.73. The number of rotatable bonds is 4. The fourth-order valence-corrected chi connectivity index (χ4v) is 3.92. The topological polar surface area (TPSA) is 46.6 Å². The molecule has 0 saturated carbocycles. The Morgan fingerprint density at radius 3 is 2.47 bits per heavy atom. The SMILES string of the molecule is CC1OCCC1N(C)S(=O)(=O)c1ccc(CCl)cc1. The summed E-state index contributed by atoms with van der Waals surface area (Å²) < 4.78 is 31.9. The van der Waals surface area contributed by atoms with Crippen molar-refractivity contribution in [1.29, 1.82) is 0 Å². The van der Waals surface area contributed by atoms with Gasteiger partial charge in [0.15, 0.2) is 0 Å². The number of hydrogen-bond acceptors (Lipinski definition) is 3. The molecule has 0 amide bonds. The summed E-state index contributed by atoms with van der Waals surface area (Å²) in [5.41, 5.74) is 0.904. The molecule has 2 atom stereocenters. The summed E-state index contributed by atoms with van der Waals surface area (Å²) in [5.74, 6) is 0.379. The molecule has 0 aromatic heterocycles. The summed E-state index contributed by atoms with van der Waals surface area (Å²) in [7, 11) is -1.86. The van der Waals surface area contributed by atoms with Crippen LogP contribution in [0, 0.1) is 0 Å². The van der Waals surface area contributed by atoms with Crippen LogP contribution in [0.5, 0.6) is 0 Å². The lowest BCUT2D eigenvalue weighted by Gasteiger charge is -2.26. The highest BCUT2D eigenvalue weighted by Crippen LogP contribution is 2.24. The molecule has 1 saturated heterocycles. The predicted molar refractivity (Wildman–Crippen MR) is 74.8 cm³/mol. The van der Waals surface area contributed by atoms with E-state index < -0.39 is 10.0 Å². The molecule has 6 heteroatoms. The molecular weight excluding hydrogens is 286 g/mol. The smallest absolute Gasteiger partial charge is 0.243 e. The predicted octanol–water partition coefficient (Wildman–Crippen LogP) is 2.22. The van der Waals surface area contributed by atoms with Crippen LogP contribution in [0.2, 0.25) is 0 Å². The van der Waals surface area contributed by atoms with Crippen LogP contribution in [0.15, 0.2) is 29.2 Å². The molecule has 0 radical (unpaired) electrons. The van der Waals surface area contributed by atoms with Gasteiger partial charge < -0.3 is 4.74 Å². The van der Waals surface area contributed by atoms with E-state index >= 15 is 0 Å². The van der Waals surface area contributed by atoms with Gasteiger partial charge in [0, 0.05) is 19.5 Å². The van der Waals surface area contributed by atoms with E-state index in [-0.39, 0.29) is 12.1 Å². The Balaban J connectivity index is 2.25. The fraction of sp³-hybridized carbons (Fsp3) is 0.538. The second-order valence-corrected chi connectivity index (χ2v) is 7.00. The molecule has 1 aromatic rings. The first-order valence-electron chi connectivity index (χ1n) is 6.21. The quantitative estimate of drug-likeness (QED) is 0.801. The second kappa shape index (κ2) is 5.79. The van der Waals surface area contributed by atoms with Gasteiger partial charge >= 0.3 is 0 Å². The number of ether oxygens (including phenoxy) is 1. The number of nitrogens with zero attached hydrogens (tertiary/aromatic N) is 1. The van der Waals surface area contributed by atoms with Gasteiger partial charge in [-0.1, -0.05) is 12.1 Å². The Hall–Kier alpha value is -0.620. The molecule has 2 rings (SSSR count). The zero-order valence-corrected chi connectivity index (χ0v) is 12.6. The highest BCUT2D eigenvalue weighted by atomic mass is 35.5. The summed E-state index contributed by atoms with van der Waals surface area (Å²) in [6, 6.07) is 6.58. The largest absolute Gasteiger partial charge is 0.377 e. The van der Waals surface area contributed by atoms with Crippen LogP contribution in [-0.2, 0) is 20.6 Å². The van der Waals surface area contributed by atoms with Crippen LogP contribution >= 0.6 is 11.6 Å². The fourth-order valence-electron chi connectivity index (χ4n) is 2.29. The van der Waals surface area contributed by atoms with Crippen molar-refractivity contribution >= 4 is 21.6 Å². The van der Waals surface area contributed by atoms with Gasteiger partial charge in [-0.15, -0.1) is 11.6 Å². The van der Waals surface area contributed by atoms with E-state index in [1.165, 1.54) is 4.31 Å². The van der Waals surface area contributed by atoms with Crippen molar-refractivity contribution in [2.75, 3.05) is 13.7 Å². The maximum Gasteiger partial charge on any atom is 0.243 e. The number of sulfonamides is 1. The first kappa shape index (κ1) is 14.8. The number of alkyl halides is 1. The van der Waals surface area contributed by atoms with Crippen molar-refractivity contribution in [2.24, 2.45) is 0 Å². The Morgan fingerprint density at radius 1 is 1.37 bits per heavy atom. The first-order valence-corrected chi connectivity index (χ1v) is 8.19.